The van der Waals surface area contributed by atoms with Crippen LogP contribution in [0.3, 0.4) is 0 Å². The number of hydrogen-bond donors (Lipinski definition) is 1. The first kappa shape index (κ1) is 10.4. The monoisotopic (exact) mass is 239 g/mol. The van der Waals surface area contributed by atoms with E-state index in [1.165, 1.54) is 16.3 Å². The molecule has 1 aromatic carbocycles. The number of thiazole rings is 1. The average molecular weight is 240 g/mol. The van der Waals surface area contributed by atoms with E-state index < -0.39 is 0 Å². The predicted molar refractivity (Wildman–Crippen MR) is 65.2 cm³/mol. The second-order valence-electron chi connectivity index (χ2n) is 3.11. The molecule has 3 nitrogen and oxygen atoms in total. The van der Waals surface area contributed by atoms with Crippen LogP contribution in [0, 0.1) is 0 Å². The first-order chi connectivity index (χ1) is 7.18. The molecule has 0 bridgehead atoms. The number of anilines is 1. The third-order valence-corrected chi connectivity index (χ3v) is 3.20. The maximum Gasteiger partial charge on any atom is 0.199 e. The summed E-state index contributed by atoms with van der Waals surface area (Å²) in [4.78, 5) is 4.38. The largest absolute Gasteiger partial charge is 0.289 e. The number of benzene rings is 1. The minimum atomic E-state index is 0.703. The topological polar surface area (TPSA) is 42.1 Å². The quantitative estimate of drug-likeness (QED) is 0.647. The highest BCUT2D eigenvalue weighted by molar-refractivity contribution is 7.14. The van der Waals surface area contributed by atoms with Crippen LogP contribution >= 0.6 is 22.9 Å². The predicted octanol–water partition coefficient (Wildman–Crippen LogP) is 2.77. The van der Waals surface area contributed by atoms with E-state index in [-0.39, 0.29) is 0 Å². The van der Waals surface area contributed by atoms with E-state index >= 15 is 0 Å². The van der Waals surface area contributed by atoms with Gasteiger partial charge in [0.05, 0.1) is 5.69 Å². The Morgan fingerprint density at radius 3 is 2.73 bits per heavy atom. The highest BCUT2D eigenvalue weighted by Gasteiger charge is 2.08. The second kappa shape index (κ2) is 4.18. The van der Waals surface area contributed by atoms with E-state index in [9.17, 15) is 0 Å². The minimum absolute atomic E-state index is 0.703. The number of nitrogens with two attached hydrogens (primary N) is 1. The van der Waals surface area contributed by atoms with Gasteiger partial charge in [-0.3, -0.25) is 5.01 Å². The van der Waals surface area contributed by atoms with Crippen molar-refractivity contribution < 1.29 is 0 Å². The number of rotatable bonds is 2. The van der Waals surface area contributed by atoms with Crippen molar-refractivity contribution in [1.82, 2.24) is 4.98 Å². The number of hydrogen-bond acceptors (Lipinski definition) is 4. The molecule has 0 saturated heterocycles. The molecule has 0 aliphatic carbocycles. The molecule has 15 heavy (non-hydrogen) atoms. The number of halogens is 1. The van der Waals surface area contributed by atoms with Crippen molar-refractivity contribution in [3.05, 3.63) is 34.7 Å². The van der Waals surface area contributed by atoms with Crippen LogP contribution in [0.4, 0.5) is 5.13 Å². The van der Waals surface area contributed by atoms with Crippen molar-refractivity contribution >= 4 is 28.1 Å². The van der Waals surface area contributed by atoms with Gasteiger partial charge < -0.3 is 0 Å². The Morgan fingerprint density at radius 2 is 2.13 bits per heavy atom. The Morgan fingerprint density at radius 1 is 1.40 bits per heavy atom. The maximum atomic E-state index is 6.07. The molecular formula is C10H10ClN3S. The molecule has 2 N–H and O–H groups in total. The summed E-state index contributed by atoms with van der Waals surface area (Å²) >= 11 is 7.56. The SMILES string of the molecule is CN(N)c1nc(-c2ccccc2Cl)cs1. The third kappa shape index (κ3) is 2.12. The summed E-state index contributed by atoms with van der Waals surface area (Å²) in [6, 6.07) is 7.63. The second-order valence-corrected chi connectivity index (χ2v) is 4.35. The minimum Gasteiger partial charge on any atom is -0.289 e. The van der Waals surface area contributed by atoms with Gasteiger partial charge in [-0.2, -0.15) is 0 Å². The van der Waals surface area contributed by atoms with E-state index in [0.717, 1.165) is 16.4 Å². The zero-order chi connectivity index (χ0) is 10.8. The van der Waals surface area contributed by atoms with Gasteiger partial charge in [0.15, 0.2) is 5.13 Å². The molecule has 0 aliphatic rings. The van der Waals surface area contributed by atoms with Crippen LogP contribution in [0.2, 0.25) is 5.02 Å². The summed E-state index contributed by atoms with van der Waals surface area (Å²) in [6.45, 7) is 0. The van der Waals surface area contributed by atoms with Gasteiger partial charge in [0.25, 0.3) is 0 Å². The lowest BCUT2D eigenvalue weighted by molar-refractivity contribution is 1.00. The summed E-state index contributed by atoms with van der Waals surface area (Å²) in [5, 5.41) is 4.91. The lowest BCUT2D eigenvalue weighted by Gasteiger charge is -2.05. The van der Waals surface area contributed by atoms with Gasteiger partial charge >= 0.3 is 0 Å². The number of nitrogens with zero attached hydrogens (tertiary/aromatic N) is 2. The van der Waals surface area contributed by atoms with E-state index in [4.69, 9.17) is 17.4 Å². The molecule has 0 radical (unpaired) electrons. The van der Waals surface area contributed by atoms with Crippen molar-refractivity contribution in [2.75, 3.05) is 12.1 Å². The van der Waals surface area contributed by atoms with Crippen LogP contribution < -0.4 is 10.9 Å². The third-order valence-electron chi connectivity index (χ3n) is 1.94. The highest BCUT2D eigenvalue weighted by Crippen LogP contribution is 2.30. The van der Waals surface area contributed by atoms with Gasteiger partial charge in [0.1, 0.15) is 0 Å². The van der Waals surface area contributed by atoms with Crippen LogP contribution in [0.1, 0.15) is 0 Å². The smallest absolute Gasteiger partial charge is 0.199 e. The summed E-state index contributed by atoms with van der Waals surface area (Å²) in [6.07, 6.45) is 0. The summed E-state index contributed by atoms with van der Waals surface area (Å²) < 4.78 is 0. The Labute approximate surface area is 97.1 Å². The van der Waals surface area contributed by atoms with Crippen molar-refractivity contribution in [1.29, 1.82) is 0 Å². The zero-order valence-electron chi connectivity index (χ0n) is 8.14. The highest BCUT2D eigenvalue weighted by atomic mass is 35.5. The zero-order valence-corrected chi connectivity index (χ0v) is 9.72. The lowest BCUT2D eigenvalue weighted by atomic mass is 10.2. The van der Waals surface area contributed by atoms with Crippen LogP contribution in [0.25, 0.3) is 11.3 Å². The number of hydrazine groups is 1. The van der Waals surface area contributed by atoms with Crippen LogP contribution in [-0.2, 0) is 0 Å². The van der Waals surface area contributed by atoms with Gasteiger partial charge in [-0.05, 0) is 6.07 Å². The molecule has 0 atom stereocenters. The summed E-state index contributed by atoms with van der Waals surface area (Å²) in [5.41, 5.74) is 1.79. The van der Waals surface area contributed by atoms with Gasteiger partial charge in [0, 0.05) is 23.0 Å². The lowest BCUT2D eigenvalue weighted by Crippen LogP contribution is -2.24. The summed E-state index contributed by atoms with van der Waals surface area (Å²) in [7, 11) is 1.76. The first-order valence-electron chi connectivity index (χ1n) is 4.37. The van der Waals surface area contributed by atoms with E-state index in [2.05, 4.69) is 4.98 Å². The van der Waals surface area contributed by atoms with Crippen molar-refractivity contribution in [2.45, 2.75) is 0 Å². The Bertz CT molecular complexity index is 467. The Balaban J connectivity index is 2.42. The summed E-state index contributed by atoms with van der Waals surface area (Å²) in [5.74, 6) is 5.59. The molecule has 0 unspecified atom stereocenters. The Kier molecular flexibility index (Phi) is 2.90. The van der Waals surface area contributed by atoms with Gasteiger partial charge in [-0.25, -0.2) is 10.8 Å². The average Bonchev–Trinajstić information content (AvgIpc) is 2.67. The molecule has 78 valence electrons. The molecule has 0 aliphatic heterocycles. The van der Waals surface area contributed by atoms with E-state index in [0.29, 0.717) is 5.02 Å². The molecule has 5 heteroatoms. The van der Waals surface area contributed by atoms with Crippen molar-refractivity contribution in [2.24, 2.45) is 5.84 Å². The Hall–Kier alpha value is -1.10. The van der Waals surface area contributed by atoms with Crippen LogP contribution in [0.15, 0.2) is 29.6 Å². The molecule has 0 spiro atoms. The maximum absolute atomic E-state index is 6.07. The molecule has 1 heterocycles. The molecular weight excluding hydrogens is 230 g/mol. The standard InChI is InChI=1S/C10H10ClN3S/c1-14(12)10-13-9(6-15-10)7-4-2-3-5-8(7)11/h2-6H,12H2,1H3. The fourth-order valence-electron chi connectivity index (χ4n) is 1.22. The van der Waals surface area contributed by atoms with Crippen molar-refractivity contribution in [3.63, 3.8) is 0 Å². The first-order valence-corrected chi connectivity index (χ1v) is 5.63. The molecule has 1 aromatic heterocycles. The number of aromatic nitrogens is 1. The molecule has 0 amide bonds. The normalized spacial score (nSPS) is 10.3. The molecule has 2 rings (SSSR count). The van der Waals surface area contributed by atoms with Crippen LogP contribution in [-0.4, -0.2) is 12.0 Å². The van der Waals surface area contributed by atoms with Gasteiger partial charge in [-0.15, -0.1) is 11.3 Å². The molecule has 0 fully saturated rings. The van der Waals surface area contributed by atoms with Gasteiger partial charge in [0.2, 0.25) is 0 Å². The van der Waals surface area contributed by atoms with E-state index in [1.807, 2.05) is 29.6 Å². The fourth-order valence-corrected chi connectivity index (χ4v) is 2.17. The molecule has 2 aromatic rings. The van der Waals surface area contributed by atoms with Crippen LogP contribution in [0.5, 0.6) is 0 Å². The van der Waals surface area contributed by atoms with E-state index in [1.54, 1.807) is 7.05 Å². The van der Waals surface area contributed by atoms with Gasteiger partial charge in [-0.1, -0.05) is 29.8 Å². The van der Waals surface area contributed by atoms with Crippen molar-refractivity contribution in [3.8, 4) is 11.3 Å². The fraction of sp³-hybridized carbons (Fsp3) is 0.100. The molecule has 0 saturated carbocycles.